The second-order valence-electron chi connectivity index (χ2n) is 4.52. The molecule has 0 spiro atoms. The largest absolute Gasteiger partial charge is 0.495 e. The topological polar surface area (TPSA) is 29.5 Å². The lowest BCUT2D eigenvalue weighted by molar-refractivity contribution is 0.0988. The summed E-state index contributed by atoms with van der Waals surface area (Å²) in [5.41, 5.74) is 1.49. The average Bonchev–Trinajstić information content (AvgIpc) is 2.48. The van der Waals surface area contributed by atoms with Crippen molar-refractivity contribution in [3.63, 3.8) is 0 Å². The summed E-state index contributed by atoms with van der Waals surface area (Å²) in [6.45, 7) is 1.82. The molecule has 0 aromatic heterocycles. The second kappa shape index (κ2) is 5.74. The van der Waals surface area contributed by atoms with Gasteiger partial charge in [0.1, 0.15) is 11.6 Å². The van der Waals surface area contributed by atoms with E-state index in [0.29, 0.717) is 11.4 Å². The molecule has 0 saturated heterocycles. The lowest BCUT2D eigenvalue weighted by atomic mass is 10.1. The highest BCUT2D eigenvalue weighted by Gasteiger charge is 2.19. The molecule has 0 fully saturated rings. The number of carbonyl (C=O) groups excluding carboxylic acids is 1. The Bertz CT molecular complexity index is 640. The predicted molar refractivity (Wildman–Crippen MR) is 76.9 cm³/mol. The van der Waals surface area contributed by atoms with Crippen molar-refractivity contribution < 1.29 is 13.9 Å². The number of aryl methyl sites for hydroxylation is 1. The summed E-state index contributed by atoms with van der Waals surface area (Å²) in [5, 5.41) is 0. The van der Waals surface area contributed by atoms with Crippen LogP contribution < -0.4 is 9.64 Å². The van der Waals surface area contributed by atoms with E-state index in [4.69, 9.17) is 4.74 Å². The standard InChI is InChI=1S/C16H16FNO2/c1-11-8-9-13(17)12(10-11)16(19)18(2)14-6-4-5-7-15(14)20-3/h4-10H,1-3H3. The first kappa shape index (κ1) is 14.1. The predicted octanol–water partition coefficient (Wildman–Crippen LogP) is 3.42. The molecule has 0 unspecified atom stereocenters. The number of ether oxygens (including phenoxy) is 1. The van der Waals surface area contributed by atoms with E-state index in [9.17, 15) is 9.18 Å². The molecule has 0 bridgehead atoms. The number of hydrogen-bond donors (Lipinski definition) is 0. The summed E-state index contributed by atoms with van der Waals surface area (Å²) in [4.78, 5) is 13.8. The molecule has 3 nitrogen and oxygen atoms in total. The molecule has 0 aliphatic rings. The van der Waals surface area contributed by atoms with E-state index in [-0.39, 0.29) is 5.56 Å². The third kappa shape index (κ3) is 2.64. The van der Waals surface area contributed by atoms with Crippen molar-refractivity contribution in [3.05, 3.63) is 59.4 Å². The van der Waals surface area contributed by atoms with E-state index in [1.807, 2.05) is 13.0 Å². The van der Waals surface area contributed by atoms with E-state index in [0.717, 1.165) is 5.56 Å². The number of carbonyl (C=O) groups is 1. The van der Waals surface area contributed by atoms with Crippen molar-refractivity contribution in [1.82, 2.24) is 0 Å². The summed E-state index contributed by atoms with van der Waals surface area (Å²) < 4.78 is 19.0. The van der Waals surface area contributed by atoms with Crippen molar-refractivity contribution in [1.29, 1.82) is 0 Å². The van der Waals surface area contributed by atoms with Gasteiger partial charge in [0.25, 0.3) is 5.91 Å². The van der Waals surface area contributed by atoms with Crippen LogP contribution in [0.5, 0.6) is 5.75 Å². The maximum atomic E-state index is 13.8. The Labute approximate surface area is 117 Å². The molecule has 0 heterocycles. The zero-order chi connectivity index (χ0) is 14.7. The van der Waals surface area contributed by atoms with Crippen LogP contribution in [-0.2, 0) is 0 Å². The third-order valence-electron chi connectivity index (χ3n) is 3.10. The van der Waals surface area contributed by atoms with Gasteiger partial charge < -0.3 is 9.64 Å². The molecule has 0 aliphatic heterocycles. The number of hydrogen-bond acceptors (Lipinski definition) is 2. The highest BCUT2D eigenvalue weighted by atomic mass is 19.1. The van der Waals surface area contributed by atoms with E-state index >= 15 is 0 Å². The average molecular weight is 273 g/mol. The van der Waals surface area contributed by atoms with Crippen LogP contribution >= 0.6 is 0 Å². The van der Waals surface area contributed by atoms with Gasteiger partial charge in [-0.1, -0.05) is 23.8 Å². The lowest BCUT2D eigenvalue weighted by Gasteiger charge is -2.20. The van der Waals surface area contributed by atoms with Crippen molar-refractivity contribution in [3.8, 4) is 5.75 Å². The van der Waals surface area contributed by atoms with Crippen molar-refractivity contribution in [2.24, 2.45) is 0 Å². The van der Waals surface area contributed by atoms with Gasteiger partial charge in [-0.25, -0.2) is 4.39 Å². The zero-order valence-corrected chi connectivity index (χ0v) is 11.7. The summed E-state index contributed by atoms with van der Waals surface area (Å²) in [5.74, 6) is -0.366. The van der Waals surface area contributed by atoms with Gasteiger partial charge in [0, 0.05) is 7.05 Å². The maximum absolute atomic E-state index is 13.8. The van der Waals surface area contributed by atoms with Gasteiger partial charge in [-0.15, -0.1) is 0 Å². The molecular weight excluding hydrogens is 257 g/mol. The number of amides is 1. The van der Waals surface area contributed by atoms with Crippen LogP contribution in [0.15, 0.2) is 42.5 Å². The Balaban J connectivity index is 2.40. The van der Waals surface area contributed by atoms with Gasteiger partial charge >= 0.3 is 0 Å². The highest BCUT2D eigenvalue weighted by molar-refractivity contribution is 6.06. The first-order chi connectivity index (χ1) is 9.54. The quantitative estimate of drug-likeness (QED) is 0.857. The second-order valence-corrected chi connectivity index (χ2v) is 4.52. The van der Waals surface area contributed by atoms with Crippen molar-refractivity contribution in [2.45, 2.75) is 6.92 Å². The monoisotopic (exact) mass is 273 g/mol. The van der Waals surface area contributed by atoms with E-state index in [2.05, 4.69) is 0 Å². The van der Waals surface area contributed by atoms with Gasteiger partial charge in [-0.2, -0.15) is 0 Å². The number of nitrogens with zero attached hydrogens (tertiary/aromatic N) is 1. The molecule has 4 heteroatoms. The van der Waals surface area contributed by atoms with Crippen LogP contribution in [0.2, 0.25) is 0 Å². The number of benzene rings is 2. The van der Waals surface area contributed by atoms with Gasteiger partial charge in [-0.3, -0.25) is 4.79 Å². The van der Waals surface area contributed by atoms with Crippen LogP contribution in [-0.4, -0.2) is 20.1 Å². The summed E-state index contributed by atoms with van der Waals surface area (Å²) >= 11 is 0. The van der Waals surface area contributed by atoms with Crippen molar-refractivity contribution in [2.75, 3.05) is 19.1 Å². The minimum absolute atomic E-state index is 0.0541. The maximum Gasteiger partial charge on any atom is 0.261 e. The molecule has 104 valence electrons. The Morgan fingerprint density at radius 1 is 1.20 bits per heavy atom. The van der Waals surface area contributed by atoms with Gasteiger partial charge in [0.15, 0.2) is 0 Å². The zero-order valence-electron chi connectivity index (χ0n) is 11.7. The van der Waals surface area contributed by atoms with E-state index in [1.165, 1.54) is 18.1 Å². The summed E-state index contributed by atoms with van der Waals surface area (Å²) in [6, 6.07) is 11.6. The molecule has 20 heavy (non-hydrogen) atoms. The Morgan fingerprint density at radius 3 is 2.60 bits per heavy atom. The normalized spacial score (nSPS) is 10.2. The number of halogens is 1. The number of methoxy groups -OCH3 is 1. The molecule has 0 radical (unpaired) electrons. The fraction of sp³-hybridized carbons (Fsp3) is 0.188. The smallest absolute Gasteiger partial charge is 0.261 e. The SMILES string of the molecule is COc1ccccc1N(C)C(=O)c1cc(C)ccc1F. The Morgan fingerprint density at radius 2 is 1.90 bits per heavy atom. The number of rotatable bonds is 3. The number of para-hydroxylation sites is 2. The van der Waals surface area contributed by atoms with E-state index in [1.54, 1.807) is 37.4 Å². The minimum Gasteiger partial charge on any atom is -0.495 e. The first-order valence-corrected chi connectivity index (χ1v) is 6.22. The molecule has 2 aromatic carbocycles. The Kier molecular flexibility index (Phi) is 4.03. The Hall–Kier alpha value is -2.36. The van der Waals surface area contributed by atoms with Gasteiger partial charge in [0.05, 0.1) is 18.4 Å². The molecule has 2 aromatic rings. The molecule has 0 N–H and O–H groups in total. The van der Waals surface area contributed by atoms with Crippen LogP contribution in [0, 0.1) is 12.7 Å². The fourth-order valence-corrected chi connectivity index (χ4v) is 2.00. The third-order valence-corrected chi connectivity index (χ3v) is 3.10. The molecule has 2 rings (SSSR count). The van der Waals surface area contributed by atoms with Gasteiger partial charge in [-0.05, 0) is 31.2 Å². The van der Waals surface area contributed by atoms with Crippen LogP contribution in [0.4, 0.5) is 10.1 Å². The van der Waals surface area contributed by atoms with Crippen LogP contribution in [0.1, 0.15) is 15.9 Å². The van der Waals surface area contributed by atoms with Gasteiger partial charge in [0.2, 0.25) is 0 Å². The van der Waals surface area contributed by atoms with Crippen LogP contribution in [0.3, 0.4) is 0 Å². The molecule has 0 saturated carbocycles. The first-order valence-electron chi connectivity index (χ1n) is 6.22. The van der Waals surface area contributed by atoms with Crippen LogP contribution in [0.25, 0.3) is 0 Å². The molecule has 0 atom stereocenters. The summed E-state index contributed by atoms with van der Waals surface area (Å²) in [7, 11) is 3.13. The minimum atomic E-state index is -0.526. The fourth-order valence-electron chi connectivity index (χ4n) is 2.00. The van der Waals surface area contributed by atoms with Crippen molar-refractivity contribution >= 4 is 11.6 Å². The highest BCUT2D eigenvalue weighted by Crippen LogP contribution is 2.28. The molecular formula is C16H16FNO2. The molecule has 1 amide bonds. The van der Waals surface area contributed by atoms with E-state index < -0.39 is 11.7 Å². The number of anilines is 1. The summed E-state index contributed by atoms with van der Waals surface area (Å²) in [6.07, 6.45) is 0. The molecule has 0 aliphatic carbocycles. The lowest BCUT2D eigenvalue weighted by Crippen LogP contribution is -2.27.